The highest BCUT2D eigenvalue weighted by atomic mass is 14.9. The van der Waals surface area contributed by atoms with Gasteiger partial charge in [0.2, 0.25) is 0 Å². The fourth-order valence-corrected chi connectivity index (χ4v) is 2.39. The molecule has 2 unspecified atom stereocenters. The molecule has 90 valence electrons. The smallest absolute Gasteiger partial charge is 0.0107 e. The SMILES string of the molecule is CC(C)(C)CCNC1CCCCC1CN. The molecule has 1 aliphatic carbocycles. The second-order valence-corrected chi connectivity index (χ2v) is 6.15. The highest BCUT2D eigenvalue weighted by Gasteiger charge is 2.23. The summed E-state index contributed by atoms with van der Waals surface area (Å²) in [5.41, 5.74) is 6.26. The van der Waals surface area contributed by atoms with Crippen LogP contribution < -0.4 is 11.1 Å². The third-order valence-electron chi connectivity index (χ3n) is 3.49. The lowest BCUT2D eigenvalue weighted by Crippen LogP contribution is -2.42. The molecule has 0 aromatic carbocycles. The summed E-state index contributed by atoms with van der Waals surface area (Å²) in [7, 11) is 0. The molecule has 2 heteroatoms. The van der Waals surface area contributed by atoms with E-state index in [-0.39, 0.29) is 0 Å². The van der Waals surface area contributed by atoms with Crippen molar-refractivity contribution in [1.82, 2.24) is 5.32 Å². The van der Waals surface area contributed by atoms with Crippen molar-refractivity contribution in [2.45, 2.75) is 58.9 Å². The minimum absolute atomic E-state index is 0.444. The van der Waals surface area contributed by atoms with Crippen LogP contribution in [0.1, 0.15) is 52.9 Å². The molecule has 0 heterocycles. The summed E-state index contributed by atoms with van der Waals surface area (Å²) in [6.45, 7) is 8.90. The Hall–Kier alpha value is -0.0800. The molecule has 0 saturated heterocycles. The first-order chi connectivity index (χ1) is 7.03. The molecular formula is C13H28N2. The van der Waals surface area contributed by atoms with Gasteiger partial charge in [-0.3, -0.25) is 0 Å². The maximum atomic E-state index is 5.81. The van der Waals surface area contributed by atoms with Crippen molar-refractivity contribution in [3.05, 3.63) is 0 Å². The van der Waals surface area contributed by atoms with Crippen LogP contribution in [0.15, 0.2) is 0 Å². The van der Waals surface area contributed by atoms with Crippen molar-refractivity contribution in [3.8, 4) is 0 Å². The molecule has 2 nitrogen and oxygen atoms in total. The van der Waals surface area contributed by atoms with Gasteiger partial charge in [0.05, 0.1) is 0 Å². The lowest BCUT2D eigenvalue weighted by molar-refractivity contribution is 0.254. The van der Waals surface area contributed by atoms with Gasteiger partial charge >= 0.3 is 0 Å². The standard InChI is InChI=1S/C13H28N2/c1-13(2,3)8-9-15-12-7-5-4-6-11(12)10-14/h11-12,15H,4-10,14H2,1-3H3. The van der Waals surface area contributed by atoms with E-state index in [0.29, 0.717) is 11.5 Å². The zero-order valence-electron chi connectivity index (χ0n) is 10.7. The summed E-state index contributed by atoms with van der Waals surface area (Å²) < 4.78 is 0. The Bertz CT molecular complexity index is 172. The molecular weight excluding hydrogens is 184 g/mol. The molecule has 1 saturated carbocycles. The fourth-order valence-electron chi connectivity index (χ4n) is 2.39. The Morgan fingerprint density at radius 1 is 1.20 bits per heavy atom. The summed E-state index contributed by atoms with van der Waals surface area (Å²) >= 11 is 0. The van der Waals surface area contributed by atoms with Gasteiger partial charge in [0.25, 0.3) is 0 Å². The molecule has 0 bridgehead atoms. The zero-order chi connectivity index (χ0) is 11.3. The maximum Gasteiger partial charge on any atom is 0.0107 e. The van der Waals surface area contributed by atoms with Crippen LogP contribution in [0.25, 0.3) is 0 Å². The second-order valence-electron chi connectivity index (χ2n) is 6.15. The normalized spacial score (nSPS) is 28.0. The van der Waals surface area contributed by atoms with Crippen LogP contribution in [0.2, 0.25) is 0 Å². The maximum absolute atomic E-state index is 5.81. The van der Waals surface area contributed by atoms with E-state index in [1.54, 1.807) is 0 Å². The van der Waals surface area contributed by atoms with Crippen LogP contribution in [0, 0.1) is 11.3 Å². The predicted molar refractivity (Wildman–Crippen MR) is 66.9 cm³/mol. The van der Waals surface area contributed by atoms with E-state index in [0.717, 1.165) is 19.0 Å². The molecule has 0 aromatic heterocycles. The quantitative estimate of drug-likeness (QED) is 0.751. The van der Waals surface area contributed by atoms with E-state index >= 15 is 0 Å². The van der Waals surface area contributed by atoms with Crippen LogP contribution in [0.4, 0.5) is 0 Å². The van der Waals surface area contributed by atoms with Crippen molar-refractivity contribution in [1.29, 1.82) is 0 Å². The van der Waals surface area contributed by atoms with Gasteiger partial charge in [0.15, 0.2) is 0 Å². The monoisotopic (exact) mass is 212 g/mol. The minimum Gasteiger partial charge on any atom is -0.330 e. The van der Waals surface area contributed by atoms with Gasteiger partial charge in [-0.1, -0.05) is 33.6 Å². The summed E-state index contributed by atoms with van der Waals surface area (Å²) in [6.07, 6.45) is 6.65. The molecule has 1 rings (SSSR count). The van der Waals surface area contributed by atoms with Crippen molar-refractivity contribution < 1.29 is 0 Å². The van der Waals surface area contributed by atoms with Crippen molar-refractivity contribution in [3.63, 3.8) is 0 Å². The topological polar surface area (TPSA) is 38.0 Å². The molecule has 0 radical (unpaired) electrons. The molecule has 1 aliphatic rings. The van der Waals surface area contributed by atoms with Gasteiger partial charge in [-0.25, -0.2) is 0 Å². The Morgan fingerprint density at radius 3 is 2.47 bits per heavy atom. The molecule has 0 aromatic rings. The predicted octanol–water partition coefficient (Wildman–Crippen LogP) is 2.53. The first-order valence-corrected chi connectivity index (χ1v) is 6.46. The Labute approximate surface area is 95.0 Å². The van der Waals surface area contributed by atoms with Gasteiger partial charge in [-0.15, -0.1) is 0 Å². The van der Waals surface area contributed by atoms with Crippen molar-refractivity contribution in [2.75, 3.05) is 13.1 Å². The van der Waals surface area contributed by atoms with Gasteiger partial charge in [-0.2, -0.15) is 0 Å². The van der Waals surface area contributed by atoms with E-state index in [2.05, 4.69) is 26.1 Å². The largest absolute Gasteiger partial charge is 0.330 e. The number of rotatable bonds is 4. The summed E-state index contributed by atoms with van der Waals surface area (Å²) in [6, 6.07) is 0.686. The number of nitrogens with one attached hydrogen (secondary N) is 1. The average Bonchev–Trinajstić information content (AvgIpc) is 2.16. The molecule has 15 heavy (non-hydrogen) atoms. The van der Waals surface area contributed by atoms with Gasteiger partial charge in [0.1, 0.15) is 0 Å². The molecule has 0 spiro atoms. The van der Waals surface area contributed by atoms with Gasteiger partial charge in [-0.05, 0) is 43.7 Å². The molecule has 0 aliphatic heterocycles. The first-order valence-electron chi connectivity index (χ1n) is 6.46. The van der Waals surface area contributed by atoms with E-state index in [9.17, 15) is 0 Å². The third kappa shape index (κ3) is 4.98. The van der Waals surface area contributed by atoms with Crippen LogP contribution in [-0.4, -0.2) is 19.1 Å². The summed E-state index contributed by atoms with van der Waals surface area (Å²) in [5.74, 6) is 0.721. The summed E-state index contributed by atoms with van der Waals surface area (Å²) in [4.78, 5) is 0. The molecule has 0 amide bonds. The van der Waals surface area contributed by atoms with Crippen LogP contribution in [0.3, 0.4) is 0 Å². The van der Waals surface area contributed by atoms with E-state index in [1.807, 2.05) is 0 Å². The highest BCUT2D eigenvalue weighted by molar-refractivity contribution is 4.81. The average molecular weight is 212 g/mol. The van der Waals surface area contributed by atoms with E-state index in [1.165, 1.54) is 32.1 Å². The lowest BCUT2D eigenvalue weighted by atomic mass is 9.84. The number of hydrogen-bond acceptors (Lipinski definition) is 2. The van der Waals surface area contributed by atoms with E-state index in [4.69, 9.17) is 5.73 Å². The highest BCUT2D eigenvalue weighted by Crippen LogP contribution is 2.24. The van der Waals surface area contributed by atoms with Crippen LogP contribution in [-0.2, 0) is 0 Å². The van der Waals surface area contributed by atoms with Crippen LogP contribution in [0.5, 0.6) is 0 Å². The zero-order valence-corrected chi connectivity index (χ0v) is 10.7. The lowest BCUT2D eigenvalue weighted by Gasteiger charge is -2.32. The molecule has 3 N–H and O–H groups in total. The second kappa shape index (κ2) is 5.86. The Kier molecular flexibility index (Phi) is 5.07. The third-order valence-corrected chi connectivity index (χ3v) is 3.49. The molecule has 1 fully saturated rings. The summed E-state index contributed by atoms with van der Waals surface area (Å²) in [5, 5.41) is 3.70. The van der Waals surface area contributed by atoms with Crippen LogP contribution >= 0.6 is 0 Å². The van der Waals surface area contributed by atoms with Gasteiger partial charge in [0, 0.05) is 6.04 Å². The Morgan fingerprint density at radius 2 is 1.87 bits per heavy atom. The van der Waals surface area contributed by atoms with Crippen molar-refractivity contribution in [2.24, 2.45) is 17.1 Å². The van der Waals surface area contributed by atoms with Gasteiger partial charge < -0.3 is 11.1 Å². The number of hydrogen-bond donors (Lipinski definition) is 2. The number of nitrogens with two attached hydrogens (primary N) is 1. The minimum atomic E-state index is 0.444. The first kappa shape index (κ1) is 13.0. The van der Waals surface area contributed by atoms with E-state index < -0.39 is 0 Å². The molecule has 2 atom stereocenters. The Balaban J connectivity index is 2.23. The van der Waals surface area contributed by atoms with Crippen molar-refractivity contribution >= 4 is 0 Å². The fraction of sp³-hybridized carbons (Fsp3) is 1.00.